The Morgan fingerprint density at radius 1 is 1.16 bits per heavy atom. The molecule has 130 valence electrons. The third-order valence-corrected chi connectivity index (χ3v) is 4.43. The Hall–Kier alpha value is -2.82. The lowest BCUT2D eigenvalue weighted by Crippen LogP contribution is -2.27. The topological polar surface area (TPSA) is 56.1 Å². The van der Waals surface area contributed by atoms with Crippen molar-refractivity contribution in [3.63, 3.8) is 0 Å². The fourth-order valence-corrected chi connectivity index (χ4v) is 2.86. The molecule has 3 rings (SSSR count). The monoisotopic (exact) mass is 337 g/mol. The lowest BCUT2D eigenvalue weighted by atomic mass is 10.1. The highest BCUT2D eigenvalue weighted by molar-refractivity contribution is 5.82. The van der Waals surface area contributed by atoms with Crippen molar-refractivity contribution in [2.24, 2.45) is 7.05 Å². The molecule has 1 heterocycles. The fourth-order valence-electron chi connectivity index (χ4n) is 2.86. The van der Waals surface area contributed by atoms with E-state index in [1.54, 1.807) is 7.11 Å². The summed E-state index contributed by atoms with van der Waals surface area (Å²) in [5.74, 6) is 1.84. The van der Waals surface area contributed by atoms with Gasteiger partial charge in [-0.1, -0.05) is 18.2 Å². The molecule has 5 nitrogen and oxygen atoms in total. The van der Waals surface area contributed by atoms with Crippen LogP contribution in [-0.4, -0.2) is 29.1 Å². The Morgan fingerprint density at radius 3 is 2.60 bits per heavy atom. The third-order valence-electron chi connectivity index (χ3n) is 4.43. The molecular weight excluding hydrogens is 314 g/mol. The van der Waals surface area contributed by atoms with Crippen molar-refractivity contribution in [2.75, 3.05) is 13.7 Å². The summed E-state index contributed by atoms with van der Waals surface area (Å²) in [5, 5.41) is 2.98. The second-order valence-electron chi connectivity index (χ2n) is 6.17. The van der Waals surface area contributed by atoms with Gasteiger partial charge in [-0.3, -0.25) is 4.79 Å². The van der Waals surface area contributed by atoms with E-state index in [1.165, 1.54) is 5.56 Å². The Bertz CT molecular complexity index is 882. The lowest BCUT2D eigenvalue weighted by Gasteiger charge is -2.07. The summed E-state index contributed by atoms with van der Waals surface area (Å²) in [6.45, 7) is 2.60. The fraction of sp³-hybridized carbons (Fsp3) is 0.300. The first-order valence-corrected chi connectivity index (χ1v) is 8.38. The number of ether oxygens (including phenoxy) is 1. The Kier molecular flexibility index (Phi) is 5.03. The predicted octanol–water partition coefficient (Wildman–Crippen LogP) is 2.79. The van der Waals surface area contributed by atoms with E-state index in [0.717, 1.165) is 34.6 Å². The van der Waals surface area contributed by atoms with Crippen LogP contribution in [0.25, 0.3) is 11.0 Å². The number of imidazole rings is 1. The quantitative estimate of drug-likeness (QED) is 0.752. The van der Waals surface area contributed by atoms with Gasteiger partial charge in [0, 0.05) is 13.6 Å². The lowest BCUT2D eigenvalue weighted by molar-refractivity contribution is -0.120. The van der Waals surface area contributed by atoms with Gasteiger partial charge in [0.1, 0.15) is 11.6 Å². The zero-order valence-electron chi connectivity index (χ0n) is 14.9. The molecule has 1 amide bonds. The molecule has 2 aromatic carbocycles. The zero-order chi connectivity index (χ0) is 17.8. The molecule has 0 saturated carbocycles. The van der Waals surface area contributed by atoms with Crippen LogP contribution in [0.2, 0.25) is 0 Å². The van der Waals surface area contributed by atoms with Crippen LogP contribution in [0.15, 0.2) is 42.5 Å². The van der Waals surface area contributed by atoms with E-state index in [0.29, 0.717) is 13.0 Å². The number of carbonyl (C=O) groups excluding carboxylic acids is 1. The molecule has 3 aromatic rings. The number of methoxy groups -OCH3 is 1. The summed E-state index contributed by atoms with van der Waals surface area (Å²) in [5.41, 5.74) is 4.17. The van der Waals surface area contributed by atoms with Crippen molar-refractivity contribution < 1.29 is 9.53 Å². The molecule has 0 aliphatic carbocycles. The summed E-state index contributed by atoms with van der Waals surface area (Å²) in [6, 6.07) is 13.9. The number of benzene rings is 2. The normalized spacial score (nSPS) is 10.8. The maximum atomic E-state index is 12.2. The number of hydrogen-bond acceptors (Lipinski definition) is 3. The standard InChI is InChI=1S/C20H23N3O2/c1-14-22-18-12-16(6-9-19(18)23(14)2)13-20(24)21-11-10-15-4-7-17(25-3)8-5-15/h4-9,12H,10-11,13H2,1-3H3,(H,21,24). The highest BCUT2D eigenvalue weighted by Gasteiger charge is 2.08. The second kappa shape index (κ2) is 7.38. The Morgan fingerprint density at radius 2 is 1.88 bits per heavy atom. The van der Waals surface area contributed by atoms with E-state index >= 15 is 0 Å². The summed E-state index contributed by atoms with van der Waals surface area (Å²) >= 11 is 0. The van der Waals surface area contributed by atoms with Crippen LogP contribution >= 0.6 is 0 Å². The van der Waals surface area contributed by atoms with Crippen molar-refractivity contribution in [3.8, 4) is 5.75 Å². The van der Waals surface area contributed by atoms with Gasteiger partial charge >= 0.3 is 0 Å². The number of nitrogens with one attached hydrogen (secondary N) is 1. The van der Waals surface area contributed by atoms with Crippen LogP contribution in [0.1, 0.15) is 17.0 Å². The van der Waals surface area contributed by atoms with Gasteiger partial charge in [-0.2, -0.15) is 0 Å². The third kappa shape index (κ3) is 3.99. The van der Waals surface area contributed by atoms with E-state index in [-0.39, 0.29) is 5.91 Å². The Balaban J connectivity index is 1.53. The number of carbonyl (C=O) groups is 1. The largest absolute Gasteiger partial charge is 0.497 e. The van der Waals surface area contributed by atoms with Gasteiger partial charge in [-0.25, -0.2) is 4.98 Å². The minimum absolute atomic E-state index is 0.0283. The summed E-state index contributed by atoms with van der Waals surface area (Å²) in [4.78, 5) is 16.7. The van der Waals surface area contributed by atoms with Crippen molar-refractivity contribution in [3.05, 3.63) is 59.4 Å². The molecule has 0 unspecified atom stereocenters. The molecule has 0 saturated heterocycles. The molecule has 0 fully saturated rings. The number of fused-ring (bicyclic) bond motifs is 1. The van der Waals surface area contributed by atoms with Crippen molar-refractivity contribution in [1.29, 1.82) is 0 Å². The molecular formula is C20H23N3O2. The summed E-state index contributed by atoms with van der Waals surface area (Å²) < 4.78 is 7.19. The van der Waals surface area contributed by atoms with Gasteiger partial charge in [-0.15, -0.1) is 0 Å². The average Bonchev–Trinajstić information content (AvgIpc) is 2.89. The number of nitrogens with zero attached hydrogens (tertiary/aromatic N) is 2. The maximum absolute atomic E-state index is 12.2. The SMILES string of the molecule is COc1ccc(CCNC(=O)Cc2ccc3c(c2)nc(C)n3C)cc1. The number of aryl methyl sites for hydroxylation is 2. The Labute approximate surface area is 147 Å². The molecule has 0 radical (unpaired) electrons. The minimum Gasteiger partial charge on any atom is -0.497 e. The van der Waals surface area contributed by atoms with Crippen LogP contribution in [0, 0.1) is 6.92 Å². The van der Waals surface area contributed by atoms with Gasteiger partial charge in [0.05, 0.1) is 24.6 Å². The van der Waals surface area contributed by atoms with Crippen LogP contribution in [-0.2, 0) is 24.7 Å². The van der Waals surface area contributed by atoms with Crippen molar-refractivity contribution >= 4 is 16.9 Å². The smallest absolute Gasteiger partial charge is 0.224 e. The molecule has 1 N–H and O–H groups in total. The molecule has 0 bridgehead atoms. The van der Waals surface area contributed by atoms with Gasteiger partial charge in [0.15, 0.2) is 0 Å². The first-order valence-electron chi connectivity index (χ1n) is 8.38. The van der Waals surface area contributed by atoms with Gasteiger partial charge in [0.25, 0.3) is 0 Å². The molecule has 0 aliphatic rings. The van der Waals surface area contributed by atoms with Crippen LogP contribution in [0.4, 0.5) is 0 Å². The molecule has 5 heteroatoms. The first-order chi connectivity index (χ1) is 12.1. The number of amides is 1. The summed E-state index contributed by atoms with van der Waals surface area (Å²) in [6.07, 6.45) is 1.17. The van der Waals surface area contributed by atoms with Crippen molar-refractivity contribution in [1.82, 2.24) is 14.9 Å². The molecule has 1 aromatic heterocycles. The first kappa shape index (κ1) is 17.0. The van der Waals surface area contributed by atoms with E-state index in [1.807, 2.05) is 61.0 Å². The van der Waals surface area contributed by atoms with E-state index in [9.17, 15) is 4.79 Å². The van der Waals surface area contributed by atoms with Crippen LogP contribution in [0.3, 0.4) is 0 Å². The molecule has 0 aliphatic heterocycles. The zero-order valence-corrected chi connectivity index (χ0v) is 14.9. The molecule has 25 heavy (non-hydrogen) atoms. The van der Waals surface area contributed by atoms with Crippen LogP contribution < -0.4 is 10.1 Å². The van der Waals surface area contributed by atoms with Gasteiger partial charge in [0.2, 0.25) is 5.91 Å². The number of rotatable bonds is 6. The predicted molar refractivity (Wildman–Crippen MR) is 98.9 cm³/mol. The highest BCUT2D eigenvalue weighted by Crippen LogP contribution is 2.16. The highest BCUT2D eigenvalue weighted by atomic mass is 16.5. The molecule has 0 spiro atoms. The minimum atomic E-state index is 0.0283. The average molecular weight is 337 g/mol. The second-order valence-corrected chi connectivity index (χ2v) is 6.17. The number of hydrogen-bond donors (Lipinski definition) is 1. The van der Waals surface area contributed by atoms with Crippen LogP contribution in [0.5, 0.6) is 5.75 Å². The van der Waals surface area contributed by atoms with E-state index in [4.69, 9.17) is 4.74 Å². The molecule has 0 atom stereocenters. The van der Waals surface area contributed by atoms with E-state index < -0.39 is 0 Å². The van der Waals surface area contributed by atoms with Gasteiger partial charge in [-0.05, 0) is 48.7 Å². The number of aromatic nitrogens is 2. The van der Waals surface area contributed by atoms with Gasteiger partial charge < -0.3 is 14.6 Å². The van der Waals surface area contributed by atoms with Crippen molar-refractivity contribution in [2.45, 2.75) is 19.8 Å². The van der Waals surface area contributed by atoms with E-state index in [2.05, 4.69) is 10.3 Å². The maximum Gasteiger partial charge on any atom is 0.224 e. The summed E-state index contributed by atoms with van der Waals surface area (Å²) in [7, 11) is 3.65.